The predicted molar refractivity (Wildman–Crippen MR) is 98.7 cm³/mol. The summed E-state index contributed by atoms with van der Waals surface area (Å²) in [6.07, 6.45) is 8.04. The van der Waals surface area contributed by atoms with Crippen LogP contribution < -0.4 is 16.2 Å². The van der Waals surface area contributed by atoms with Gasteiger partial charge in [-0.05, 0) is 70.2 Å². The van der Waals surface area contributed by atoms with Gasteiger partial charge in [0.05, 0.1) is 0 Å². The summed E-state index contributed by atoms with van der Waals surface area (Å²) >= 11 is 0. The molecule has 138 valence electrons. The molecule has 0 spiro atoms. The fourth-order valence-corrected chi connectivity index (χ4v) is 4.12. The van der Waals surface area contributed by atoms with Crippen molar-refractivity contribution in [3.05, 3.63) is 30.1 Å². The molecule has 2 fully saturated rings. The van der Waals surface area contributed by atoms with Crippen molar-refractivity contribution in [2.75, 3.05) is 19.6 Å². The van der Waals surface area contributed by atoms with Crippen LogP contribution in [0.15, 0.2) is 24.5 Å². The molecule has 0 aliphatic carbocycles. The fourth-order valence-electron chi connectivity index (χ4n) is 4.12. The Labute approximate surface area is 150 Å². The first-order valence-electron chi connectivity index (χ1n) is 9.59. The van der Waals surface area contributed by atoms with Crippen molar-refractivity contribution < 1.29 is 4.79 Å². The summed E-state index contributed by atoms with van der Waals surface area (Å²) < 4.78 is 0. The predicted octanol–water partition coefficient (Wildman–Crippen LogP) is 1.62. The minimum absolute atomic E-state index is 0.110. The summed E-state index contributed by atoms with van der Waals surface area (Å²) in [6, 6.07) is 4.68. The van der Waals surface area contributed by atoms with Gasteiger partial charge in [0.15, 0.2) is 0 Å². The van der Waals surface area contributed by atoms with E-state index < -0.39 is 0 Å². The molecule has 1 aromatic rings. The molecule has 2 aliphatic rings. The Balaban J connectivity index is 1.52. The Morgan fingerprint density at radius 3 is 2.68 bits per heavy atom. The van der Waals surface area contributed by atoms with Crippen molar-refractivity contribution in [1.82, 2.24) is 26.1 Å². The van der Waals surface area contributed by atoms with Crippen molar-refractivity contribution in [2.24, 2.45) is 5.92 Å². The fraction of sp³-hybridized carbons (Fsp3) is 0.684. The number of rotatable bonds is 7. The summed E-state index contributed by atoms with van der Waals surface area (Å²) in [5.41, 5.74) is 7.58. The maximum Gasteiger partial charge on any atom is 0.242 e. The van der Waals surface area contributed by atoms with Crippen molar-refractivity contribution in [2.45, 2.75) is 57.7 Å². The molecule has 25 heavy (non-hydrogen) atoms. The molecule has 3 N–H and O–H groups in total. The molecule has 3 unspecified atom stereocenters. The lowest BCUT2D eigenvalue weighted by atomic mass is 9.92. The molecular weight excluding hydrogens is 314 g/mol. The highest BCUT2D eigenvalue weighted by Gasteiger charge is 2.31. The molecule has 6 nitrogen and oxygen atoms in total. The van der Waals surface area contributed by atoms with Crippen LogP contribution in [-0.4, -0.2) is 47.5 Å². The van der Waals surface area contributed by atoms with Crippen molar-refractivity contribution in [3.63, 3.8) is 0 Å². The Kier molecular flexibility index (Phi) is 6.39. The molecular formula is C19H31N5O. The van der Waals surface area contributed by atoms with Crippen LogP contribution in [0.4, 0.5) is 0 Å². The zero-order valence-electron chi connectivity index (χ0n) is 15.4. The molecule has 6 heteroatoms. The topological polar surface area (TPSA) is 69.3 Å². The largest absolute Gasteiger partial charge is 0.354 e. The van der Waals surface area contributed by atoms with E-state index in [0.717, 1.165) is 38.0 Å². The van der Waals surface area contributed by atoms with Gasteiger partial charge in [0.25, 0.3) is 0 Å². The van der Waals surface area contributed by atoms with Gasteiger partial charge in [-0.25, -0.2) is 0 Å². The van der Waals surface area contributed by atoms with Crippen LogP contribution in [0.1, 0.15) is 51.1 Å². The number of nitrogens with zero attached hydrogens (tertiary/aromatic N) is 2. The van der Waals surface area contributed by atoms with Crippen LogP contribution >= 0.6 is 0 Å². The van der Waals surface area contributed by atoms with Gasteiger partial charge < -0.3 is 5.32 Å². The Bertz CT molecular complexity index is 536. The number of aromatic nitrogens is 1. The van der Waals surface area contributed by atoms with Crippen molar-refractivity contribution in [3.8, 4) is 0 Å². The number of hydrogen-bond acceptors (Lipinski definition) is 5. The van der Waals surface area contributed by atoms with E-state index in [4.69, 9.17) is 0 Å². The first-order valence-corrected chi connectivity index (χ1v) is 9.59. The van der Waals surface area contributed by atoms with E-state index in [1.807, 2.05) is 18.3 Å². The summed E-state index contributed by atoms with van der Waals surface area (Å²) in [7, 11) is 0. The lowest BCUT2D eigenvalue weighted by molar-refractivity contribution is -0.126. The second-order valence-electron chi connectivity index (χ2n) is 7.40. The van der Waals surface area contributed by atoms with E-state index in [2.05, 4.69) is 39.9 Å². The van der Waals surface area contributed by atoms with E-state index in [9.17, 15) is 4.79 Å². The average molecular weight is 345 g/mol. The molecule has 1 amide bonds. The molecule has 0 aromatic carbocycles. The summed E-state index contributed by atoms with van der Waals surface area (Å²) in [5.74, 6) is 0.725. The van der Waals surface area contributed by atoms with Crippen molar-refractivity contribution >= 4 is 5.91 Å². The zero-order valence-corrected chi connectivity index (χ0v) is 15.4. The Morgan fingerprint density at radius 1 is 1.32 bits per heavy atom. The van der Waals surface area contributed by atoms with Gasteiger partial charge >= 0.3 is 0 Å². The maximum atomic E-state index is 12.9. The van der Waals surface area contributed by atoms with E-state index in [1.165, 1.54) is 12.8 Å². The van der Waals surface area contributed by atoms with E-state index >= 15 is 0 Å². The molecule has 1 aromatic heterocycles. The van der Waals surface area contributed by atoms with Crippen LogP contribution in [0, 0.1) is 5.92 Å². The monoisotopic (exact) mass is 345 g/mol. The van der Waals surface area contributed by atoms with Crippen LogP contribution in [0.5, 0.6) is 0 Å². The molecule has 0 bridgehead atoms. The number of hydrazine groups is 1. The molecule has 2 saturated heterocycles. The number of carbonyl (C=O) groups excluding carboxylic acids is 1. The second-order valence-corrected chi connectivity index (χ2v) is 7.40. The molecule has 3 atom stereocenters. The van der Waals surface area contributed by atoms with Crippen molar-refractivity contribution in [1.29, 1.82) is 0 Å². The van der Waals surface area contributed by atoms with Gasteiger partial charge in [0.2, 0.25) is 5.91 Å². The van der Waals surface area contributed by atoms with Crippen LogP contribution in [0.25, 0.3) is 0 Å². The first-order chi connectivity index (χ1) is 12.2. The van der Waals surface area contributed by atoms with Gasteiger partial charge in [-0.15, -0.1) is 0 Å². The van der Waals surface area contributed by atoms with Gasteiger partial charge in [-0.1, -0.05) is 6.07 Å². The van der Waals surface area contributed by atoms with Gasteiger partial charge in [-0.2, -0.15) is 0 Å². The standard InChI is InChI=1S/C19H31N5O/c1-14-17(15(2)23-22-14)8-6-10-21-19(25)18(24-11-3-4-12-24)16-7-5-9-20-13-16/h5,7,9,13-15,17-18,22-23H,3-4,6,8,10-12H2,1-2H3,(H,21,25). The minimum Gasteiger partial charge on any atom is -0.354 e. The maximum absolute atomic E-state index is 12.9. The zero-order chi connectivity index (χ0) is 17.6. The Hall–Kier alpha value is -1.50. The van der Waals surface area contributed by atoms with Gasteiger partial charge in [0.1, 0.15) is 6.04 Å². The first kappa shape index (κ1) is 18.3. The highest BCUT2D eigenvalue weighted by Crippen LogP contribution is 2.25. The van der Waals surface area contributed by atoms with E-state index in [0.29, 0.717) is 18.0 Å². The highest BCUT2D eigenvalue weighted by molar-refractivity contribution is 5.83. The van der Waals surface area contributed by atoms with E-state index in [-0.39, 0.29) is 11.9 Å². The summed E-state index contributed by atoms with van der Waals surface area (Å²) in [6.45, 7) is 7.14. The molecule has 3 heterocycles. The molecule has 2 aliphatic heterocycles. The third kappa shape index (κ3) is 4.57. The number of carbonyl (C=O) groups is 1. The highest BCUT2D eigenvalue weighted by atomic mass is 16.2. The third-order valence-corrected chi connectivity index (χ3v) is 5.59. The lowest BCUT2D eigenvalue weighted by Gasteiger charge is -2.26. The van der Waals surface area contributed by atoms with Crippen LogP contribution in [0.3, 0.4) is 0 Å². The quantitative estimate of drug-likeness (QED) is 0.655. The Morgan fingerprint density at radius 2 is 2.04 bits per heavy atom. The molecule has 3 rings (SSSR count). The van der Waals surface area contributed by atoms with Crippen LogP contribution in [-0.2, 0) is 4.79 Å². The second kappa shape index (κ2) is 8.74. The SMILES string of the molecule is CC1NNC(C)C1CCCNC(=O)C(c1cccnc1)N1CCCC1. The lowest BCUT2D eigenvalue weighted by Crippen LogP contribution is -2.40. The summed E-state index contributed by atoms with van der Waals surface area (Å²) in [5, 5.41) is 3.16. The number of pyridine rings is 1. The average Bonchev–Trinajstić information content (AvgIpc) is 3.25. The molecule has 0 saturated carbocycles. The number of likely N-dealkylation sites (tertiary alicyclic amines) is 1. The van der Waals surface area contributed by atoms with Gasteiger partial charge in [0, 0.05) is 31.0 Å². The molecule has 0 radical (unpaired) electrons. The third-order valence-electron chi connectivity index (χ3n) is 5.59. The number of amides is 1. The summed E-state index contributed by atoms with van der Waals surface area (Å²) in [4.78, 5) is 19.3. The normalized spacial score (nSPS) is 28.2. The number of hydrogen-bond donors (Lipinski definition) is 3. The smallest absolute Gasteiger partial charge is 0.242 e. The minimum atomic E-state index is -0.205. The number of nitrogens with one attached hydrogen (secondary N) is 3. The van der Waals surface area contributed by atoms with E-state index in [1.54, 1.807) is 6.20 Å². The van der Waals surface area contributed by atoms with Gasteiger partial charge in [-0.3, -0.25) is 25.5 Å². The van der Waals surface area contributed by atoms with Crippen LogP contribution in [0.2, 0.25) is 0 Å².